The smallest absolute Gasteiger partial charge is 0.206 e. The van der Waals surface area contributed by atoms with Gasteiger partial charge in [-0.1, -0.05) is 35.2 Å². The van der Waals surface area contributed by atoms with Gasteiger partial charge in [0.05, 0.1) is 10.6 Å². The van der Waals surface area contributed by atoms with Crippen LogP contribution in [0.2, 0.25) is 0 Å². The van der Waals surface area contributed by atoms with E-state index in [2.05, 4.69) is 55.9 Å². The maximum Gasteiger partial charge on any atom is 0.206 e. The molecule has 0 spiro atoms. The number of hydrogen-bond acceptors (Lipinski definition) is 9. The van der Waals surface area contributed by atoms with Crippen molar-refractivity contribution >= 4 is 62.2 Å². The van der Waals surface area contributed by atoms with Crippen molar-refractivity contribution in [1.82, 2.24) is 15.2 Å². The van der Waals surface area contributed by atoms with Gasteiger partial charge in [-0.3, -0.25) is 0 Å². The molecule has 0 bridgehead atoms. The average Bonchev–Trinajstić information content (AvgIpc) is 3.39. The molecule has 0 saturated heterocycles. The predicted octanol–water partition coefficient (Wildman–Crippen LogP) is 5.73. The SMILES string of the molecule is c1csc(CCNc2nnc(SCc3csc(-c4cccs4)n3)s2)c1. The maximum atomic E-state index is 4.70. The van der Waals surface area contributed by atoms with Crippen molar-refractivity contribution in [2.45, 2.75) is 16.5 Å². The number of aromatic nitrogens is 3. The van der Waals surface area contributed by atoms with Crippen molar-refractivity contribution in [3.8, 4) is 9.88 Å². The Morgan fingerprint density at radius 2 is 1.96 bits per heavy atom. The van der Waals surface area contributed by atoms with Crippen LogP contribution < -0.4 is 5.32 Å². The Morgan fingerprint density at radius 1 is 1.04 bits per heavy atom. The van der Waals surface area contributed by atoms with E-state index in [0.29, 0.717) is 0 Å². The molecular formula is C16H14N4S5. The van der Waals surface area contributed by atoms with Crippen molar-refractivity contribution in [1.29, 1.82) is 0 Å². The summed E-state index contributed by atoms with van der Waals surface area (Å²) in [5.74, 6) is 0.825. The van der Waals surface area contributed by atoms with Gasteiger partial charge < -0.3 is 5.32 Å². The number of rotatable bonds is 8. The second-order valence-corrected chi connectivity index (χ2v) is 10.1. The molecule has 0 fully saturated rings. The Labute approximate surface area is 166 Å². The summed E-state index contributed by atoms with van der Waals surface area (Å²) in [4.78, 5) is 7.32. The second kappa shape index (κ2) is 8.41. The highest BCUT2D eigenvalue weighted by Crippen LogP contribution is 2.32. The van der Waals surface area contributed by atoms with Crippen LogP contribution in [0.1, 0.15) is 10.6 Å². The summed E-state index contributed by atoms with van der Waals surface area (Å²) >= 11 is 8.51. The van der Waals surface area contributed by atoms with Gasteiger partial charge in [0.25, 0.3) is 0 Å². The third kappa shape index (κ3) is 4.68. The predicted molar refractivity (Wildman–Crippen MR) is 111 cm³/mol. The first-order chi connectivity index (χ1) is 12.4. The van der Waals surface area contributed by atoms with Crippen LogP contribution in [0.25, 0.3) is 9.88 Å². The minimum atomic E-state index is 0.825. The van der Waals surface area contributed by atoms with Crippen molar-refractivity contribution < 1.29 is 0 Å². The van der Waals surface area contributed by atoms with E-state index in [-0.39, 0.29) is 0 Å². The lowest BCUT2D eigenvalue weighted by molar-refractivity contribution is 0.979. The average molecular weight is 423 g/mol. The van der Waals surface area contributed by atoms with E-state index in [1.54, 1.807) is 57.1 Å². The molecule has 128 valence electrons. The van der Waals surface area contributed by atoms with E-state index in [4.69, 9.17) is 4.98 Å². The molecule has 0 atom stereocenters. The Balaban J connectivity index is 1.26. The second-order valence-electron chi connectivity index (χ2n) is 5.04. The standard InChI is InChI=1S/C16H14N4S5/c1-3-12(21-7-1)5-6-17-15-19-20-16(25-15)24-10-11-9-23-14(18-11)13-4-2-8-22-13/h1-4,7-9H,5-6,10H2,(H,17,19). The summed E-state index contributed by atoms with van der Waals surface area (Å²) in [6, 6.07) is 8.41. The molecule has 0 saturated carbocycles. The lowest BCUT2D eigenvalue weighted by Crippen LogP contribution is -2.03. The summed E-state index contributed by atoms with van der Waals surface area (Å²) in [7, 11) is 0. The van der Waals surface area contributed by atoms with Crippen LogP contribution in [-0.4, -0.2) is 21.7 Å². The van der Waals surface area contributed by atoms with Gasteiger partial charge in [-0.05, 0) is 29.3 Å². The number of thioether (sulfide) groups is 1. The minimum absolute atomic E-state index is 0.825. The van der Waals surface area contributed by atoms with Gasteiger partial charge in [0, 0.05) is 22.6 Å². The zero-order valence-electron chi connectivity index (χ0n) is 13.0. The number of hydrogen-bond donors (Lipinski definition) is 1. The third-order valence-electron chi connectivity index (χ3n) is 3.26. The van der Waals surface area contributed by atoms with Gasteiger partial charge in [0.1, 0.15) is 5.01 Å². The Hall–Kier alpha value is -1.26. The molecule has 4 rings (SSSR count). The number of thiazole rings is 1. The molecule has 4 nitrogen and oxygen atoms in total. The van der Waals surface area contributed by atoms with E-state index in [1.165, 1.54) is 9.75 Å². The fourth-order valence-corrected chi connectivity index (χ4v) is 6.23. The summed E-state index contributed by atoms with van der Waals surface area (Å²) in [5, 5.41) is 20.1. The number of anilines is 1. The van der Waals surface area contributed by atoms with Crippen molar-refractivity contribution in [3.63, 3.8) is 0 Å². The van der Waals surface area contributed by atoms with E-state index in [0.717, 1.165) is 38.9 Å². The third-order valence-corrected chi connectivity index (χ3v) is 8.18. The maximum absolute atomic E-state index is 4.70. The zero-order chi connectivity index (χ0) is 16.9. The van der Waals surface area contributed by atoms with Crippen LogP contribution in [0.5, 0.6) is 0 Å². The highest BCUT2D eigenvalue weighted by atomic mass is 32.2. The first-order valence-corrected chi connectivity index (χ1v) is 12.0. The Bertz CT molecular complexity index is 895. The van der Waals surface area contributed by atoms with Gasteiger partial charge in [0.15, 0.2) is 4.34 Å². The molecule has 4 aromatic rings. The molecule has 4 aromatic heterocycles. The summed E-state index contributed by atoms with van der Waals surface area (Å²) in [5.41, 5.74) is 1.10. The van der Waals surface area contributed by atoms with E-state index in [1.807, 2.05) is 0 Å². The van der Waals surface area contributed by atoms with Crippen molar-refractivity contribution in [3.05, 3.63) is 51.0 Å². The molecule has 0 unspecified atom stereocenters. The fraction of sp³-hybridized carbons (Fsp3) is 0.188. The summed E-state index contributed by atoms with van der Waals surface area (Å²) in [6.45, 7) is 0.885. The van der Waals surface area contributed by atoms with Crippen molar-refractivity contribution in [2.24, 2.45) is 0 Å². The van der Waals surface area contributed by atoms with Crippen LogP contribution in [0.3, 0.4) is 0 Å². The molecule has 25 heavy (non-hydrogen) atoms. The molecule has 0 aromatic carbocycles. The lowest BCUT2D eigenvalue weighted by atomic mass is 10.3. The topological polar surface area (TPSA) is 50.7 Å². The van der Waals surface area contributed by atoms with Crippen LogP contribution in [-0.2, 0) is 12.2 Å². The van der Waals surface area contributed by atoms with Crippen LogP contribution in [0.4, 0.5) is 5.13 Å². The van der Waals surface area contributed by atoms with Crippen LogP contribution in [0, 0.1) is 0 Å². The normalized spacial score (nSPS) is 11.0. The highest BCUT2D eigenvalue weighted by molar-refractivity contribution is 8.00. The number of nitrogens with zero attached hydrogens (tertiary/aromatic N) is 3. The molecule has 1 N–H and O–H groups in total. The molecule has 9 heteroatoms. The van der Waals surface area contributed by atoms with Crippen LogP contribution in [0.15, 0.2) is 44.7 Å². The van der Waals surface area contributed by atoms with Gasteiger partial charge in [-0.15, -0.1) is 44.2 Å². The van der Waals surface area contributed by atoms with E-state index >= 15 is 0 Å². The zero-order valence-corrected chi connectivity index (χ0v) is 17.1. The quantitative estimate of drug-likeness (QED) is 0.367. The first-order valence-electron chi connectivity index (χ1n) is 7.57. The fourth-order valence-electron chi connectivity index (χ4n) is 2.11. The number of nitrogens with one attached hydrogen (secondary N) is 1. The molecular weight excluding hydrogens is 409 g/mol. The lowest BCUT2D eigenvalue weighted by Gasteiger charge is -1.99. The largest absolute Gasteiger partial charge is 0.360 e. The molecule has 4 heterocycles. The summed E-state index contributed by atoms with van der Waals surface area (Å²) in [6.07, 6.45) is 1.02. The van der Waals surface area contributed by atoms with Gasteiger partial charge in [-0.2, -0.15) is 0 Å². The molecule has 0 aliphatic rings. The molecule has 0 amide bonds. The van der Waals surface area contributed by atoms with Crippen molar-refractivity contribution in [2.75, 3.05) is 11.9 Å². The van der Waals surface area contributed by atoms with Gasteiger partial charge in [-0.25, -0.2) is 4.98 Å². The molecule has 0 aliphatic heterocycles. The monoisotopic (exact) mass is 422 g/mol. The van der Waals surface area contributed by atoms with Crippen LogP contribution >= 0.6 is 57.1 Å². The number of thiophene rings is 2. The van der Waals surface area contributed by atoms with Gasteiger partial charge in [0.2, 0.25) is 5.13 Å². The van der Waals surface area contributed by atoms with E-state index in [9.17, 15) is 0 Å². The minimum Gasteiger partial charge on any atom is -0.360 e. The highest BCUT2D eigenvalue weighted by Gasteiger charge is 2.09. The Kier molecular flexibility index (Phi) is 5.78. The Morgan fingerprint density at radius 3 is 2.80 bits per heavy atom. The van der Waals surface area contributed by atoms with E-state index < -0.39 is 0 Å². The molecule has 0 radical (unpaired) electrons. The summed E-state index contributed by atoms with van der Waals surface area (Å²) < 4.78 is 0.976. The first kappa shape index (κ1) is 17.2. The molecule has 0 aliphatic carbocycles. The van der Waals surface area contributed by atoms with Gasteiger partial charge >= 0.3 is 0 Å².